The van der Waals surface area contributed by atoms with E-state index in [0.29, 0.717) is 6.54 Å². The number of fused-ring (bicyclic) bond motifs is 1. The lowest BCUT2D eigenvalue weighted by molar-refractivity contribution is 0.557. The van der Waals surface area contributed by atoms with Crippen molar-refractivity contribution in [3.05, 3.63) is 29.5 Å². The molecule has 1 aromatic heterocycles. The molecule has 0 radical (unpaired) electrons. The molecule has 2 N–H and O–H groups in total. The van der Waals surface area contributed by atoms with Crippen LogP contribution in [0.2, 0.25) is 0 Å². The van der Waals surface area contributed by atoms with Gasteiger partial charge in [0, 0.05) is 17.8 Å². The van der Waals surface area contributed by atoms with Crippen LogP contribution in [-0.4, -0.2) is 16.3 Å². The van der Waals surface area contributed by atoms with Gasteiger partial charge in [-0.2, -0.15) is 5.10 Å². The molecule has 0 aliphatic heterocycles. The highest BCUT2D eigenvalue weighted by atomic mass is 15.3. The molecule has 0 saturated heterocycles. The molecule has 92 valence electrons. The second kappa shape index (κ2) is 4.15. The van der Waals surface area contributed by atoms with Gasteiger partial charge in [0.2, 0.25) is 0 Å². The lowest BCUT2D eigenvalue weighted by Gasteiger charge is -2.16. The fourth-order valence-electron chi connectivity index (χ4n) is 2.27. The van der Waals surface area contributed by atoms with E-state index in [4.69, 9.17) is 5.73 Å². The van der Waals surface area contributed by atoms with Crippen LogP contribution in [-0.2, 0) is 18.9 Å². The Labute approximate surface area is 103 Å². The summed E-state index contributed by atoms with van der Waals surface area (Å²) in [5.74, 6) is 0. The Morgan fingerprint density at radius 2 is 2.00 bits per heavy atom. The second-order valence-corrected chi connectivity index (χ2v) is 5.57. The molecule has 0 saturated carbocycles. The maximum absolute atomic E-state index is 5.69. The maximum Gasteiger partial charge on any atom is 0.0759 e. The third-order valence-corrected chi connectivity index (χ3v) is 3.09. The predicted octanol–water partition coefficient (Wildman–Crippen LogP) is 2.37. The SMILES string of the molecule is Cn1nc(C(C)(C)C)c2c(CCN)cccc21. The van der Waals surface area contributed by atoms with Gasteiger partial charge in [0.1, 0.15) is 0 Å². The van der Waals surface area contributed by atoms with Gasteiger partial charge < -0.3 is 5.73 Å². The molecule has 0 amide bonds. The number of aryl methyl sites for hydroxylation is 1. The first-order valence-electron chi connectivity index (χ1n) is 6.10. The summed E-state index contributed by atoms with van der Waals surface area (Å²) < 4.78 is 1.97. The van der Waals surface area contributed by atoms with Gasteiger partial charge in [-0.1, -0.05) is 32.9 Å². The van der Waals surface area contributed by atoms with Crippen LogP contribution in [0, 0.1) is 0 Å². The molecule has 3 heteroatoms. The minimum absolute atomic E-state index is 0.0597. The van der Waals surface area contributed by atoms with Crippen LogP contribution in [0.5, 0.6) is 0 Å². The molecule has 1 aromatic carbocycles. The van der Waals surface area contributed by atoms with Crippen molar-refractivity contribution in [3.8, 4) is 0 Å². The van der Waals surface area contributed by atoms with Crippen LogP contribution >= 0.6 is 0 Å². The van der Waals surface area contributed by atoms with Crippen molar-refractivity contribution < 1.29 is 0 Å². The summed E-state index contributed by atoms with van der Waals surface area (Å²) in [6.45, 7) is 7.29. The minimum Gasteiger partial charge on any atom is -0.330 e. The zero-order chi connectivity index (χ0) is 12.6. The molecule has 0 aliphatic rings. The molecule has 3 nitrogen and oxygen atoms in total. The lowest BCUT2D eigenvalue weighted by Crippen LogP contribution is -2.13. The average Bonchev–Trinajstić information content (AvgIpc) is 2.58. The molecule has 0 spiro atoms. The summed E-state index contributed by atoms with van der Waals surface area (Å²) in [7, 11) is 2.00. The first-order valence-corrected chi connectivity index (χ1v) is 6.10. The normalized spacial score (nSPS) is 12.3. The third-order valence-electron chi connectivity index (χ3n) is 3.09. The van der Waals surface area contributed by atoms with Crippen LogP contribution < -0.4 is 5.73 Å². The molecule has 2 aromatic rings. The second-order valence-electron chi connectivity index (χ2n) is 5.57. The standard InChI is InChI=1S/C14H21N3/c1-14(2,3)13-12-10(8-9-15)6-5-7-11(12)17(4)16-13/h5-7H,8-9,15H2,1-4H3. The van der Waals surface area contributed by atoms with Crippen LogP contribution in [0.15, 0.2) is 18.2 Å². The van der Waals surface area contributed by atoms with Crippen LogP contribution in [0.4, 0.5) is 0 Å². The number of benzene rings is 1. The number of hydrogen-bond donors (Lipinski definition) is 1. The first kappa shape index (κ1) is 12.1. The molecule has 0 fully saturated rings. The van der Waals surface area contributed by atoms with E-state index in [1.165, 1.54) is 22.2 Å². The van der Waals surface area contributed by atoms with Gasteiger partial charge in [-0.15, -0.1) is 0 Å². The van der Waals surface area contributed by atoms with Gasteiger partial charge in [0.15, 0.2) is 0 Å². The molecular formula is C14H21N3. The largest absolute Gasteiger partial charge is 0.330 e. The summed E-state index contributed by atoms with van der Waals surface area (Å²) in [6, 6.07) is 6.37. The van der Waals surface area contributed by atoms with Crippen molar-refractivity contribution in [1.29, 1.82) is 0 Å². The van der Waals surface area contributed by atoms with E-state index < -0.39 is 0 Å². The summed E-state index contributed by atoms with van der Waals surface area (Å²) in [6.07, 6.45) is 0.909. The topological polar surface area (TPSA) is 43.8 Å². The summed E-state index contributed by atoms with van der Waals surface area (Å²) in [4.78, 5) is 0. The zero-order valence-electron chi connectivity index (χ0n) is 11.1. The number of rotatable bonds is 2. The third kappa shape index (κ3) is 2.07. The van der Waals surface area contributed by atoms with Crippen LogP contribution in [0.3, 0.4) is 0 Å². The number of nitrogens with two attached hydrogens (primary N) is 1. The fraction of sp³-hybridized carbons (Fsp3) is 0.500. The monoisotopic (exact) mass is 231 g/mol. The number of aromatic nitrogens is 2. The van der Waals surface area contributed by atoms with Gasteiger partial charge in [-0.05, 0) is 24.6 Å². The smallest absolute Gasteiger partial charge is 0.0759 e. The van der Waals surface area contributed by atoms with E-state index >= 15 is 0 Å². The van der Waals surface area contributed by atoms with E-state index in [-0.39, 0.29) is 5.41 Å². The lowest BCUT2D eigenvalue weighted by atomic mass is 9.88. The van der Waals surface area contributed by atoms with E-state index in [1.807, 2.05) is 11.7 Å². The van der Waals surface area contributed by atoms with Crippen molar-refractivity contribution in [2.24, 2.45) is 12.8 Å². The molecule has 1 heterocycles. The van der Waals surface area contributed by atoms with E-state index in [9.17, 15) is 0 Å². The predicted molar refractivity (Wildman–Crippen MR) is 72.2 cm³/mol. The van der Waals surface area contributed by atoms with Gasteiger partial charge in [-0.25, -0.2) is 0 Å². The van der Waals surface area contributed by atoms with Crippen LogP contribution in [0.25, 0.3) is 10.9 Å². The molecule has 0 atom stereocenters. The van der Waals surface area contributed by atoms with E-state index in [2.05, 4.69) is 44.1 Å². The Kier molecular flexibility index (Phi) is 2.96. The average molecular weight is 231 g/mol. The molecular weight excluding hydrogens is 210 g/mol. The Hall–Kier alpha value is -1.35. The summed E-state index contributed by atoms with van der Waals surface area (Å²) >= 11 is 0. The molecule has 2 rings (SSSR count). The van der Waals surface area contributed by atoms with Gasteiger partial charge in [0.25, 0.3) is 0 Å². The molecule has 0 unspecified atom stereocenters. The highest BCUT2D eigenvalue weighted by Crippen LogP contribution is 2.31. The van der Waals surface area contributed by atoms with Crippen molar-refractivity contribution in [2.75, 3.05) is 6.54 Å². The molecule has 0 bridgehead atoms. The van der Waals surface area contributed by atoms with Gasteiger partial charge in [-0.3, -0.25) is 4.68 Å². The highest BCUT2D eigenvalue weighted by Gasteiger charge is 2.23. The number of nitrogens with zero attached hydrogens (tertiary/aromatic N) is 2. The van der Waals surface area contributed by atoms with Crippen LogP contribution in [0.1, 0.15) is 32.0 Å². The highest BCUT2D eigenvalue weighted by molar-refractivity contribution is 5.86. The first-order chi connectivity index (χ1) is 7.95. The van der Waals surface area contributed by atoms with Gasteiger partial charge >= 0.3 is 0 Å². The Morgan fingerprint density at radius 1 is 1.29 bits per heavy atom. The van der Waals surface area contributed by atoms with Crippen molar-refractivity contribution in [3.63, 3.8) is 0 Å². The minimum atomic E-state index is 0.0597. The maximum atomic E-state index is 5.69. The Morgan fingerprint density at radius 3 is 2.59 bits per heavy atom. The van der Waals surface area contributed by atoms with E-state index in [0.717, 1.165) is 6.42 Å². The summed E-state index contributed by atoms with van der Waals surface area (Å²) in [5, 5.41) is 5.96. The van der Waals surface area contributed by atoms with Crippen molar-refractivity contribution in [1.82, 2.24) is 9.78 Å². The Balaban J connectivity index is 2.77. The molecule has 0 aliphatic carbocycles. The fourth-order valence-corrected chi connectivity index (χ4v) is 2.27. The quantitative estimate of drug-likeness (QED) is 0.862. The summed E-state index contributed by atoms with van der Waals surface area (Å²) in [5.41, 5.74) is 9.42. The van der Waals surface area contributed by atoms with Crippen molar-refractivity contribution in [2.45, 2.75) is 32.6 Å². The van der Waals surface area contributed by atoms with E-state index in [1.54, 1.807) is 0 Å². The van der Waals surface area contributed by atoms with Gasteiger partial charge in [0.05, 0.1) is 11.2 Å². The Bertz CT molecular complexity index is 532. The number of hydrogen-bond acceptors (Lipinski definition) is 2. The van der Waals surface area contributed by atoms with Crippen molar-refractivity contribution >= 4 is 10.9 Å². The zero-order valence-corrected chi connectivity index (χ0v) is 11.1. The molecule has 17 heavy (non-hydrogen) atoms.